The van der Waals surface area contributed by atoms with Crippen LogP contribution in [-0.2, 0) is 11.2 Å². The number of fused-ring (bicyclic) bond motifs is 1. The molecule has 8 aromatic rings. The van der Waals surface area contributed by atoms with Gasteiger partial charge in [-0.05, 0) is 112 Å². The molecule has 4 aromatic carbocycles. The lowest BCUT2D eigenvalue weighted by molar-refractivity contribution is 0.127. The number of aliphatic hydroxyl groups is 2. The molecule has 4 heterocycles. The second-order valence-corrected chi connectivity index (χ2v) is 30.0. The smallest absolute Gasteiger partial charge is 0.143 e. The van der Waals surface area contributed by atoms with E-state index in [1.54, 1.807) is 22.7 Å². The van der Waals surface area contributed by atoms with Crippen molar-refractivity contribution in [2.75, 3.05) is 37.5 Å². The number of thiophene rings is 4. The van der Waals surface area contributed by atoms with Crippen molar-refractivity contribution in [3.63, 3.8) is 0 Å². The average Bonchev–Trinajstić information content (AvgIpc) is 3.99. The quantitative estimate of drug-likeness (QED) is 0.144. The van der Waals surface area contributed by atoms with E-state index in [1.807, 2.05) is 22.7 Å². The van der Waals surface area contributed by atoms with E-state index in [9.17, 15) is 10.2 Å². The normalized spacial score (nSPS) is 13.4. The van der Waals surface area contributed by atoms with Gasteiger partial charge in [0, 0.05) is 29.3 Å². The van der Waals surface area contributed by atoms with Crippen LogP contribution in [-0.4, -0.2) is 47.7 Å². The van der Waals surface area contributed by atoms with Gasteiger partial charge in [0.1, 0.15) is 11.2 Å². The van der Waals surface area contributed by atoms with Crippen LogP contribution in [0.5, 0.6) is 0 Å². The lowest BCUT2D eigenvalue weighted by Gasteiger charge is -2.31. The van der Waals surface area contributed by atoms with Crippen LogP contribution in [0.1, 0.15) is 55.6 Å². The Bertz CT molecular complexity index is 2450. The van der Waals surface area contributed by atoms with Gasteiger partial charge < -0.3 is 10.2 Å². The van der Waals surface area contributed by atoms with Crippen molar-refractivity contribution in [2.45, 2.75) is 47.3 Å². The second-order valence-electron chi connectivity index (χ2n) is 17.1. The first kappa shape index (κ1) is 41.3. The predicted octanol–water partition coefficient (Wildman–Crippen LogP) is 14.3. The van der Waals surface area contributed by atoms with Crippen LogP contribution < -0.4 is 0 Å². The number of hydrogen-bond donors (Lipinski definition) is 2. The monoisotopic (exact) mass is 876 g/mol. The van der Waals surface area contributed by atoms with Crippen molar-refractivity contribution in [1.82, 2.24) is 0 Å². The van der Waals surface area contributed by atoms with Crippen molar-refractivity contribution in [3.05, 3.63) is 177 Å². The van der Waals surface area contributed by atoms with Gasteiger partial charge in [-0.1, -0.05) is 119 Å². The summed E-state index contributed by atoms with van der Waals surface area (Å²) in [6.45, 7) is 8.37. The summed E-state index contributed by atoms with van der Waals surface area (Å²) >= 11 is 7.11. The zero-order chi connectivity index (χ0) is 41.4. The van der Waals surface area contributed by atoms with Crippen LogP contribution in [0, 0.1) is 27.7 Å². The molecule has 0 fully saturated rings. The molecule has 0 spiro atoms. The predicted molar refractivity (Wildman–Crippen MR) is 263 cm³/mol. The third-order valence-electron chi connectivity index (χ3n) is 10.9. The van der Waals surface area contributed by atoms with Gasteiger partial charge in [-0.25, -0.2) is 20.1 Å². The van der Waals surface area contributed by atoms with Gasteiger partial charge in [0.2, 0.25) is 0 Å². The molecule has 4 aromatic heterocycles. The van der Waals surface area contributed by atoms with Crippen LogP contribution in [0.3, 0.4) is 0 Å². The molecule has 2 nitrogen and oxygen atoms in total. The van der Waals surface area contributed by atoms with E-state index in [0.717, 1.165) is 84.5 Å². The Kier molecular flexibility index (Phi) is 10.8. The number of aryl methyl sites for hydroxylation is 4. The minimum Gasteiger partial charge on any atom is -0.376 e. The van der Waals surface area contributed by atoms with E-state index < -0.39 is 31.3 Å². The van der Waals surface area contributed by atoms with E-state index in [1.165, 1.54) is 8.42 Å². The summed E-state index contributed by atoms with van der Waals surface area (Å²) in [5, 5.41) is 27.9. The van der Waals surface area contributed by atoms with E-state index in [4.69, 9.17) is 0 Å². The summed E-state index contributed by atoms with van der Waals surface area (Å²) in [5.41, 5.74) is 6.57. The molecule has 0 saturated heterocycles. The second kappa shape index (κ2) is 15.2. The van der Waals surface area contributed by atoms with Crippen LogP contribution in [0.4, 0.5) is 0 Å². The highest BCUT2D eigenvalue weighted by Gasteiger charge is 2.45. The van der Waals surface area contributed by atoms with E-state index in [0.29, 0.717) is 0 Å². The van der Waals surface area contributed by atoms with Gasteiger partial charge in [0.15, 0.2) is 0 Å². The fraction of sp³-hybridized carbons (Fsp3) is 0.240. The molecule has 0 aliphatic heterocycles. The van der Waals surface area contributed by atoms with Crippen LogP contribution in [0.25, 0.3) is 28.9 Å². The fourth-order valence-electron chi connectivity index (χ4n) is 7.57. The zero-order valence-corrected chi connectivity index (χ0v) is 39.8. The summed E-state index contributed by atoms with van der Waals surface area (Å²) in [4.78, 5) is 4.35. The Labute approximate surface area is 363 Å². The lowest BCUT2D eigenvalue weighted by Crippen LogP contribution is -2.29. The molecule has 0 radical (unpaired) electrons. The number of benzene rings is 4. The first-order valence-corrected chi connectivity index (χ1v) is 28.3. The number of rotatable bonds is 10. The molecule has 0 atom stereocenters. The van der Waals surface area contributed by atoms with Crippen molar-refractivity contribution in [3.8, 4) is 19.5 Å². The Morgan fingerprint density at radius 1 is 0.362 bits per heavy atom. The van der Waals surface area contributed by atoms with Gasteiger partial charge in [0.25, 0.3) is 0 Å². The molecule has 0 amide bonds. The maximum atomic E-state index is 13.9. The molecule has 0 unspecified atom stereocenters. The Morgan fingerprint density at radius 3 is 0.845 bits per heavy atom. The minimum atomic E-state index is -1.50. The van der Waals surface area contributed by atoms with E-state index >= 15 is 0 Å². The van der Waals surface area contributed by atoms with Crippen LogP contribution in [0.2, 0.25) is 0 Å². The average molecular weight is 877 g/mol. The largest absolute Gasteiger partial charge is 0.376 e. The molecule has 0 bridgehead atoms. The number of hydrogen-bond acceptors (Lipinski definition) is 6. The van der Waals surface area contributed by atoms with Gasteiger partial charge in [-0.3, -0.25) is 0 Å². The van der Waals surface area contributed by atoms with Crippen molar-refractivity contribution < 1.29 is 10.2 Å². The third kappa shape index (κ3) is 7.28. The Balaban J connectivity index is 1.57. The highest BCUT2D eigenvalue weighted by molar-refractivity contribution is 8.33. The van der Waals surface area contributed by atoms with Crippen LogP contribution >= 0.6 is 65.4 Å². The fourth-order valence-corrected chi connectivity index (χ4v) is 15.9. The highest BCUT2D eigenvalue weighted by Crippen LogP contribution is 2.61. The van der Waals surface area contributed by atoms with E-state index in [-0.39, 0.29) is 0 Å². The molecular weight excluding hydrogens is 825 g/mol. The molecular formula is C50H52O2S6. The molecule has 300 valence electrons. The first-order valence-electron chi connectivity index (χ1n) is 19.3. The molecule has 0 saturated carbocycles. The Hall–Kier alpha value is -3.44. The third-order valence-corrected chi connectivity index (χ3v) is 21.8. The zero-order valence-electron chi connectivity index (χ0n) is 34.9. The maximum absolute atomic E-state index is 13.9. The summed E-state index contributed by atoms with van der Waals surface area (Å²) in [6, 6.07) is 42.6. The molecule has 0 aliphatic carbocycles. The summed E-state index contributed by atoms with van der Waals surface area (Å²) in [6.07, 6.45) is 14.0. The summed E-state index contributed by atoms with van der Waals surface area (Å²) in [5.74, 6) is 0. The lowest BCUT2D eigenvalue weighted by atomic mass is 9.78. The summed E-state index contributed by atoms with van der Waals surface area (Å²) < 4.78 is 4.74. The van der Waals surface area contributed by atoms with Gasteiger partial charge in [0.05, 0.1) is 19.2 Å². The van der Waals surface area contributed by atoms with Gasteiger partial charge in [-0.2, -0.15) is 0 Å². The van der Waals surface area contributed by atoms with Gasteiger partial charge in [-0.15, -0.1) is 45.3 Å². The van der Waals surface area contributed by atoms with E-state index in [2.05, 4.69) is 187 Å². The molecule has 0 aliphatic rings. The standard InChI is InChI=1S/C50H52O2S6/c1-31-11-19-35(20-12-31)49(51,36-21-13-32(2)14-22-36)43-45(39-27-29-41(53-39)57(5,6)7)55-48-44(46(56-47(43)48)40-28-30-42(54-40)58(8,9)10)50(52,37-23-15-33(3)16-24-37)38-25-17-34(4)18-26-38/h11-30,51-52H,1-10H3. The van der Waals surface area contributed by atoms with Crippen molar-refractivity contribution in [2.24, 2.45) is 0 Å². The SMILES string of the molecule is Cc1ccc(C(O)(c2ccc(C)cc2)c2c(-c3ccc(S(C)(C)C)s3)sc3c(C(O)(c4ccc(C)cc4)c4ccc(C)cc4)c(-c4ccc(S(C)(C)C)s4)sc23)cc1. The molecule has 8 rings (SSSR count). The van der Waals surface area contributed by atoms with Crippen LogP contribution in [0.15, 0.2) is 130 Å². The van der Waals surface area contributed by atoms with Crippen molar-refractivity contribution >= 4 is 74.8 Å². The molecule has 8 heteroatoms. The molecule has 58 heavy (non-hydrogen) atoms. The Morgan fingerprint density at radius 2 is 0.621 bits per heavy atom. The minimum absolute atomic E-state index is 0.819. The van der Waals surface area contributed by atoms with Gasteiger partial charge >= 0.3 is 0 Å². The first-order chi connectivity index (χ1) is 27.4. The topological polar surface area (TPSA) is 40.5 Å². The maximum Gasteiger partial charge on any atom is 0.143 e. The highest BCUT2D eigenvalue weighted by atomic mass is 32.3. The summed E-state index contributed by atoms with van der Waals surface area (Å²) in [7, 11) is -2.01. The molecule has 2 N–H and O–H groups in total. The van der Waals surface area contributed by atoms with Crippen molar-refractivity contribution in [1.29, 1.82) is 0 Å².